The Labute approximate surface area is 195 Å². The van der Waals surface area contributed by atoms with Crippen LogP contribution in [0.4, 0.5) is 0 Å². The van der Waals surface area contributed by atoms with E-state index in [1.165, 1.54) is 16.3 Å². The van der Waals surface area contributed by atoms with Gasteiger partial charge in [-0.1, -0.05) is 42.5 Å². The number of halogens is 1. The molecule has 5 nitrogen and oxygen atoms in total. The van der Waals surface area contributed by atoms with Gasteiger partial charge in [-0.25, -0.2) is 0 Å². The topological polar surface area (TPSA) is 58.8 Å². The van der Waals surface area contributed by atoms with E-state index in [0.717, 1.165) is 50.9 Å². The molecule has 4 rings (SSSR count). The molecule has 1 fully saturated rings. The number of rotatable bonds is 7. The molecule has 1 saturated heterocycles. The van der Waals surface area contributed by atoms with E-state index >= 15 is 0 Å². The highest BCUT2D eigenvalue weighted by atomic mass is 127. The van der Waals surface area contributed by atoms with E-state index in [2.05, 4.69) is 60.0 Å². The number of nitrogens with zero attached hydrogens (tertiary/aromatic N) is 1. The molecule has 2 atom stereocenters. The van der Waals surface area contributed by atoms with Gasteiger partial charge in [-0.15, -0.1) is 24.0 Å². The Morgan fingerprint density at radius 3 is 2.80 bits per heavy atom. The van der Waals surface area contributed by atoms with Gasteiger partial charge in [-0.3, -0.25) is 4.99 Å². The number of guanidine groups is 1. The Morgan fingerprint density at radius 2 is 2.00 bits per heavy atom. The van der Waals surface area contributed by atoms with Gasteiger partial charge in [0.25, 0.3) is 0 Å². The Kier molecular flexibility index (Phi) is 8.57. The van der Waals surface area contributed by atoms with Gasteiger partial charge in [0.05, 0.1) is 18.9 Å². The van der Waals surface area contributed by atoms with Gasteiger partial charge < -0.3 is 19.8 Å². The highest BCUT2D eigenvalue weighted by Crippen LogP contribution is 2.24. The van der Waals surface area contributed by atoms with Crippen LogP contribution in [-0.2, 0) is 11.2 Å². The van der Waals surface area contributed by atoms with Crippen molar-refractivity contribution in [1.82, 2.24) is 10.6 Å². The van der Waals surface area contributed by atoms with Crippen molar-refractivity contribution in [3.05, 3.63) is 72.2 Å². The molecular weight excluding hydrogens is 489 g/mol. The van der Waals surface area contributed by atoms with Crippen LogP contribution in [-0.4, -0.2) is 32.3 Å². The molecule has 6 heteroatoms. The lowest BCUT2D eigenvalue weighted by Crippen LogP contribution is -2.40. The first-order valence-corrected chi connectivity index (χ1v) is 10.4. The molecule has 1 aliphatic heterocycles. The van der Waals surface area contributed by atoms with Gasteiger partial charge in [0.15, 0.2) is 5.96 Å². The van der Waals surface area contributed by atoms with Crippen molar-refractivity contribution in [3.63, 3.8) is 0 Å². The number of ether oxygens (including phenoxy) is 1. The Morgan fingerprint density at radius 1 is 1.13 bits per heavy atom. The van der Waals surface area contributed by atoms with Gasteiger partial charge >= 0.3 is 0 Å². The summed E-state index contributed by atoms with van der Waals surface area (Å²) in [5.74, 6) is 2.32. The smallest absolute Gasteiger partial charge is 0.191 e. The van der Waals surface area contributed by atoms with E-state index in [0.29, 0.717) is 5.92 Å². The third-order valence-electron chi connectivity index (χ3n) is 5.42. The molecule has 30 heavy (non-hydrogen) atoms. The van der Waals surface area contributed by atoms with Crippen LogP contribution in [0.3, 0.4) is 0 Å². The van der Waals surface area contributed by atoms with Gasteiger partial charge in [0, 0.05) is 32.0 Å². The minimum Gasteiger partial charge on any atom is -0.469 e. The Hall–Kier alpha value is -2.06. The van der Waals surface area contributed by atoms with Crippen LogP contribution < -0.4 is 10.6 Å². The van der Waals surface area contributed by atoms with Crippen LogP contribution in [0, 0.1) is 5.92 Å². The molecule has 2 heterocycles. The van der Waals surface area contributed by atoms with Gasteiger partial charge in [-0.2, -0.15) is 0 Å². The number of hydrogen-bond acceptors (Lipinski definition) is 3. The fourth-order valence-electron chi connectivity index (χ4n) is 3.77. The van der Waals surface area contributed by atoms with Crippen molar-refractivity contribution >= 4 is 40.7 Å². The highest BCUT2D eigenvalue weighted by molar-refractivity contribution is 14.0. The zero-order chi connectivity index (χ0) is 19.9. The van der Waals surface area contributed by atoms with Crippen LogP contribution in [0.2, 0.25) is 0 Å². The average Bonchev–Trinajstić information content (AvgIpc) is 3.45. The molecule has 0 spiro atoms. The van der Waals surface area contributed by atoms with Crippen LogP contribution in [0.5, 0.6) is 0 Å². The van der Waals surface area contributed by atoms with E-state index in [1.807, 2.05) is 12.1 Å². The second-order valence-corrected chi connectivity index (χ2v) is 7.61. The van der Waals surface area contributed by atoms with Crippen molar-refractivity contribution in [3.8, 4) is 0 Å². The number of benzene rings is 2. The summed E-state index contributed by atoms with van der Waals surface area (Å²) in [7, 11) is 0. The molecule has 3 aromatic rings. The maximum Gasteiger partial charge on any atom is 0.191 e. The lowest BCUT2D eigenvalue weighted by molar-refractivity contribution is 0.187. The minimum atomic E-state index is 0. The number of furan rings is 1. The molecule has 160 valence electrons. The van der Waals surface area contributed by atoms with Crippen LogP contribution in [0.15, 0.2) is 70.3 Å². The van der Waals surface area contributed by atoms with Gasteiger partial charge in [0.1, 0.15) is 5.76 Å². The summed E-state index contributed by atoms with van der Waals surface area (Å²) in [6.45, 7) is 5.38. The summed E-state index contributed by atoms with van der Waals surface area (Å²) in [4.78, 5) is 4.85. The second kappa shape index (κ2) is 11.4. The van der Waals surface area contributed by atoms with Crippen molar-refractivity contribution in [2.24, 2.45) is 10.9 Å². The molecule has 2 unspecified atom stereocenters. The lowest BCUT2D eigenvalue weighted by atomic mass is 10.00. The van der Waals surface area contributed by atoms with E-state index in [9.17, 15) is 0 Å². The van der Waals surface area contributed by atoms with E-state index in [4.69, 9.17) is 14.1 Å². The monoisotopic (exact) mass is 519 g/mol. The fourth-order valence-corrected chi connectivity index (χ4v) is 3.77. The van der Waals surface area contributed by atoms with Crippen molar-refractivity contribution < 1.29 is 9.15 Å². The van der Waals surface area contributed by atoms with Gasteiger partial charge in [-0.05, 0) is 41.8 Å². The molecule has 0 saturated carbocycles. The Balaban J connectivity index is 0.00000256. The summed E-state index contributed by atoms with van der Waals surface area (Å²) in [6, 6.07) is 19.0. The molecule has 1 aliphatic rings. The first-order valence-electron chi connectivity index (χ1n) is 10.4. The molecular formula is C24H30IN3O2. The second-order valence-electron chi connectivity index (χ2n) is 7.61. The zero-order valence-electron chi connectivity index (χ0n) is 17.3. The van der Waals surface area contributed by atoms with E-state index < -0.39 is 0 Å². The fraction of sp³-hybridized carbons (Fsp3) is 0.375. The van der Waals surface area contributed by atoms with Crippen molar-refractivity contribution in [2.75, 3.05) is 26.3 Å². The zero-order valence-corrected chi connectivity index (χ0v) is 19.7. The number of hydrogen-bond donors (Lipinski definition) is 2. The summed E-state index contributed by atoms with van der Waals surface area (Å²) in [6.07, 6.45) is 3.62. The van der Waals surface area contributed by atoms with Crippen molar-refractivity contribution in [2.45, 2.75) is 25.8 Å². The van der Waals surface area contributed by atoms with Crippen molar-refractivity contribution in [1.29, 1.82) is 0 Å². The Bertz CT molecular complexity index is 931. The molecule has 0 radical (unpaired) electrons. The summed E-state index contributed by atoms with van der Waals surface area (Å²) >= 11 is 0. The molecule has 0 aliphatic carbocycles. The predicted molar refractivity (Wildman–Crippen MR) is 133 cm³/mol. The normalized spacial score (nSPS) is 17.5. The predicted octanol–water partition coefficient (Wildman–Crippen LogP) is 4.93. The minimum absolute atomic E-state index is 0. The molecule has 0 amide bonds. The maximum atomic E-state index is 5.50. The molecule has 2 N–H and O–H groups in total. The maximum absolute atomic E-state index is 5.50. The van der Waals surface area contributed by atoms with E-state index in [1.54, 1.807) is 6.26 Å². The average molecular weight is 519 g/mol. The third kappa shape index (κ3) is 5.98. The van der Waals surface area contributed by atoms with Crippen LogP contribution >= 0.6 is 24.0 Å². The summed E-state index contributed by atoms with van der Waals surface area (Å²) in [5, 5.41) is 9.59. The third-order valence-corrected chi connectivity index (χ3v) is 5.42. The standard InChI is InChI=1S/C24H29N3O2.HI/c1-18(22-10-4-7-20-6-2-3-9-23(20)22)27-24(26-16-19-12-15-28-17-19)25-13-11-21-8-5-14-29-21;/h2-10,14,18-19H,11-13,15-17H2,1H3,(H2,25,26,27);1H. The highest BCUT2D eigenvalue weighted by Gasteiger charge is 2.16. The largest absolute Gasteiger partial charge is 0.469 e. The first kappa shape index (κ1) is 22.6. The summed E-state index contributed by atoms with van der Waals surface area (Å²) < 4.78 is 10.9. The van der Waals surface area contributed by atoms with Gasteiger partial charge in [0.2, 0.25) is 0 Å². The first-order chi connectivity index (χ1) is 14.3. The molecule has 1 aromatic heterocycles. The SMILES string of the molecule is CC(NC(=NCC1CCOC1)NCCc1ccco1)c1cccc2ccccc12.I. The lowest BCUT2D eigenvalue weighted by Gasteiger charge is -2.20. The number of fused-ring (bicyclic) bond motifs is 1. The molecule has 0 bridgehead atoms. The summed E-state index contributed by atoms with van der Waals surface area (Å²) in [5.41, 5.74) is 1.27. The van der Waals surface area contributed by atoms with Crippen LogP contribution in [0.25, 0.3) is 10.8 Å². The van der Waals surface area contributed by atoms with E-state index in [-0.39, 0.29) is 30.0 Å². The number of nitrogens with one attached hydrogen (secondary N) is 2. The number of aliphatic imine (C=N–C) groups is 1. The quantitative estimate of drug-likeness (QED) is 0.264. The molecule has 2 aromatic carbocycles. The van der Waals surface area contributed by atoms with Crippen LogP contribution in [0.1, 0.15) is 30.7 Å².